The molecule has 0 saturated carbocycles. The molecule has 174 valence electrons. The SMILES string of the molecule is C/C(=N\N=C(N)N)c1sc(-c2ccc(OCCCCCN3CCCCC3C)cc2)nc1C. The van der Waals surface area contributed by atoms with Crippen molar-refractivity contribution in [3.8, 4) is 16.3 Å². The second kappa shape index (κ2) is 12.0. The monoisotopic (exact) mass is 456 g/mol. The Morgan fingerprint density at radius 3 is 2.66 bits per heavy atom. The third-order valence-electron chi connectivity index (χ3n) is 5.84. The molecule has 0 spiro atoms. The van der Waals surface area contributed by atoms with E-state index >= 15 is 0 Å². The summed E-state index contributed by atoms with van der Waals surface area (Å²) in [5.74, 6) is 0.844. The van der Waals surface area contributed by atoms with E-state index in [4.69, 9.17) is 16.2 Å². The van der Waals surface area contributed by atoms with Crippen molar-refractivity contribution >= 4 is 23.0 Å². The molecule has 7 nitrogen and oxygen atoms in total. The number of benzene rings is 1. The lowest BCUT2D eigenvalue weighted by Gasteiger charge is -2.33. The molecule has 4 N–H and O–H groups in total. The molecule has 2 heterocycles. The minimum atomic E-state index is -0.0565. The van der Waals surface area contributed by atoms with Crippen LogP contribution in [0.15, 0.2) is 34.5 Å². The second-order valence-electron chi connectivity index (χ2n) is 8.46. The van der Waals surface area contributed by atoms with Gasteiger partial charge in [0.15, 0.2) is 0 Å². The molecule has 8 heteroatoms. The molecular formula is C24H36N6OS. The van der Waals surface area contributed by atoms with Crippen molar-refractivity contribution < 1.29 is 4.74 Å². The highest BCUT2D eigenvalue weighted by Gasteiger charge is 2.17. The second-order valence-corrected chi connectivity index (χ2v) is 9.46. The zero-order valence-electron chi connectivity index (χ0n) is 19.5. The fourth-order valence-electron chi connectivity index (χ4n) is 4.00. The number of likely N-dealkylation sites (tertiary alicyclic amines) is 1. The highest BCUT2D eigenvalue weighted by molar-refractivity contribution is 7.17. The van der Waals surface area contributed by atoms with Crippen LogP contribution in [0, 0.1) is 6.92 Å². The van der Waals surface area contributed by atoms with Gasteiger partial charge in [0.2, 0.25) is 5.96 Å². The molecule has 2 aromatic rings. The van der Waals surface area contributed by atoms with Gasteiger partial charge in [-0.15, -0.1) is 16.4 Å². The van der Waals surface area contributed by atoms with Gasteiger partial charge in [-0.1, -0.05) is 6.42 Å². The van der Waals surface area contributed by atoms with Crippen molar-refractivity contribution in [1.82, 2.24) is 9.88 Å². The number of hydrogen-bond acceptors (Lipinski definition) is 6. The van der Waals surface area contributed by atoms with Gasteiger partial charge in [-0.25, -0.2) is 4.98 Å². The third-order valence-corrected chi connectivity index (χ3v) is 7.16. The van der Waals surface area contributed by atoms with Crippen LogP contribution in [-0.2, 0) is 0 Å². The summed E-state index contributed by atoms with van der Waals surface area (Å²) in [6.07, 6.45) is 7.66. The highest BCUT2D eigenvalue weighted by atomic mass is 32.1. The van der Waals surface area contributed by atoms with E-state index in [9.17, 15) is 0 Å². The minimum absolute atomic E-state index is 0.0565. The molecule has 0 amide bonds. The van der Waals surface area contributed by atoms with Crippen molar-refractivity contribution in [2.45, 2.75) is 65.3 Å². The Labute approximate surface area is 195 Å². The summed E-state index contributed by atoms with van der Waals surface area (Å²) >= 11 is 1.58. The topological polar surface area (TPSA) is 102 Å². The Hall–Kier alpha value is -2.45. The fourth-order valence-corrected chi connectivity index (χ4v) is 5.01. The van der Waals surface area contributed by atoms with E-state index in [2.05, 4.69) is 39.1 Å². The lowest BCUT2D eigenvalue weighted by Crippen LogP contribution is -2.37. The summed E-state index contributed by atoms with van der Waals surface area (Å²) in [7, 11) is 0. The molecule has 3 rings (SSSR count). The average molecular weight is 457 g/mol. The van der Waals surface area contributed by atoms with Crippen molar-refractivity contribution in [3.05, 3.63) is 34.8 Å². The predicted molar refractivity (Wildman–Crippen MR) is 135 cm³/mol. The van der Waals surface area contributed by atoms with E-state index in [1.54, 1.807) is 11.3 Å². The predicted octanol–water partition coefficient (Wildman–Crippen LogP) is 4.54. The van der Waals surface area contributed by atoms with Gasteiger partial charge in [0.05, 0.1) is 22.9 Å². The van der Waals surface area contributed by atoms with Crippen LogP contribution in [0.5, 0.6) is 5.75 Å². The first-order valence-electron chi connectivity index (χ1n) is 11.5. The molecule has 0 radical (unpaired) electrons. The fraction of sp³-hybridized carbons (Fsp3) is 0.542. The van der Waals surface area contributed by atoms with Crippen molar-refractivity contribution in [1.29, 1.82) is 0 Å². The molecule has 1 atom stereocenters. The Morgan fingerprint density at radius 1 is 1.16 bits per heavy atom. The van der Waals surface area contributed by atoms with Crippen molar-refractivity contribution in [2.24, 2.45) is 21.7 Å². The molecule has 0 aliphatic carbocycles. The molecule has 1 fully saturated rings. The zero-order chi connectivity index (χ0) is 22.9. The quantitative estimate of drug-likeness (QED) is 0.236. The smallest absolute Gasteiger partial charge is 0.211 e. The summed E-state index contributed by atoms with van der Waals surface area (Å²) in [6.45, 7) is 9.46. The summed E-state index contributed by atoms with van der Waals surface area (Å²) < 4.78 is 5.94. The Balaban J connectivity index is 1.44. The number of piperidine rings is 1. The van der Waals surface area contributed by atoms with E-state index in [0.29, 0.717) is 0 Å². The largest absolute Gasteiger partial charge is 0.494 e. The van der Waals surface area contributed by atoms with Gasteiger partial charge in [0.1, 0.15) is 10.8 Å². The van der Waals surface area contributed by atoms with Crippen LogP contribution in [0.3, 0.4) is 0 Å². The first kappa shape index (κ1) is 24.2. The number of ether oxygens (including phenoxy) is 1. The highest BCUT2D eigenvalue weighted by Crippen LogP contribution is 2.29. The maximum absolute atomic E-state index is 5.94. The Bertz CT molecular complexity index is 917. The number of nitrogens with zero attached hydrogens (tertiary/aromatic N) is 4. The lowest BCUT2D eigenvalue weighted by atomic mass is 10.0. The van der Waals surface area contributed by atoms with Crippen LogP contribution < -0.4 is 16.2 Å². The van der Waals surface area contributed by atoms with Crippen LogP contribution in [0.25, 0.3) is 10.6 Å². The number of guanidine groups is 1. The van der Waals surface area contributed by atoms with E-state index in [-0.39, 0.29) is 5.96 Å². The third kappa shape index (κ3) is 7.03. The normalized spacial score (nSPS) is 17.3. The van der Waals surface area contributed by atoms with Gasteiger partial charge in [-0.2, -0.15) is 5.10 Å². The van der Waals surface area contributed by atoms with E-state index < -0.39 is 0 Å². The maximum Gasteiger partial charge on any atom is 0.211 e. The van der Waals surface area contributed by atoms with Crippen LogP contribution in [0.4, 0.5) is 0 Å². The summed E-state index contributed by atoms with van der Waals surface area (Å²) in [5.41, 5.74) is 13.4. The lowest BCUT2D eigenvalue weighted by molar-refractivity contribution is 0.156. The van der Waals surface area contributed by atoms with Gasteiger partial charge in [-0.05, 0) is 90.2 Å². The maximum atomic E-state index is 5.94. The molecular weight excluding hydrogens is 420 g/mol. The van der Waals surface area contributed by atoms with E-state index in [1.807, 2.05) is 26.0 Å². The van der Waals surface area contributed by atoms with E-state index in [1.165, 1.54) is 45.2 Å². The molecule has 1 saturated heterocycles. The number of aryl methyl sites for hydroxylation is 1. The number of hydrogen-bond donors (Lipinski definition) is 2. The Morgan fingerprint density at radius 2 is 1.94 bits per heavy atom. The summed E-state index contributed by atoms with van der Waals surface area (Å²) in [5, 5.41) is 8.73. The van der Waals surface area contributed by atoms with Gasteiger partial charge >= 0.3 is 0 Å². The van der Waals surface area contributed by atoms with Gasteiger partial charge in [-0.3, -0.25) is 0 Å². The molecule has 1 aliphatic rings. The van der Waals surface area contributed by atoms with Crippen LogP contribution >= 0.6 is 11.3 Å². The Kier molecular flexibility index (Phi) is 9.05. The van der Waals surface area contributed by atoms with Crippen LogP contribution in [-0.4, -0.2) is 47.3 Å². The number of nitrogens with two attached hydrogens (primary N) is 2. The molecule has 32 heavy (non-hydrogen) atoms. The summed E-state index contributed by atoms with van der Waals surface area (Å²) in [4.78, 5) is 8.30. The van der Waals surface area contributed by atoms with Gasteiger partial charge in [0.25, 0.3) is 0 Å². The van der Waals surface area contributed by atoms with Crippen LogP contribution in [0.1, 0.15) is 62.9 Å². The molecule has 0 bridgehead atoms. The number of thiazole rings is 1. The van der Waals surface area contributed by atoms with Gasteiger partial charge < -0.3 is 21.1 Å². The summed E-state index contributed by atoms with van der Waals surface area (Å²) in [6, 6.07) is 8.89. The van der Waals surface area contributed by atoms with Crippen LogP contribution in [0.2, 0.25) is 0 Å². The average Bonchev–Trinajstić information content (AvgIpc) is 3.17. The molecule has 1 unspecified atom stereocenters. The molecule has 1 aromatic carbocycles. The van der Waals surface area contributed by atoms with Crippen molar-refractivity contribution in [2.75, 3.05) is 19.7 Å². The van der Waals surface area contributed by atoms with Gasteiger partial charge in [0, 0.05) is 11.6 Å². The first-order chi connectivity index (χ1) is 15.4. The standard InChI is InChI=1S/C24H36N6OS/c1-17-9-5-7-15-30(17)14-6-4-8-16-31-21-12-10-20(11-13-21)23-27-18(2)22(32-23)19(3)28-29-24(25)26/h10-13,17H,4-9,14-16H2,1-3H3,(H4,25,26,29)/b28-19+. The number of rotatable bonds is 10. The minimum Gasteiger partial charge on any atom is -0.494 e. The van der Waals surface area contributed by atoms with E-state index in [0.717, 1.165) is 51.7 Å². The molecule has 1 aromatic heterocycles. The number of aromatic nitrogens is 1. The van der Waals surface area contributed by atoms with Crippen molar-refractivity contribution in [3.63, 3.8) is 0 Å². The molecule has 1 aliphatic heterocycles. The number of unbranched alkanes of at least 4 members (excludes halogenated alkanes) is 2. The first-order valence-corrected chi connectivity index (χ1v) is 12.3. The zero-order valence-corrected chi connectivity index (χ0v) is 20.3.